The van der Waals surface area contributed by atoms with Crippen molar-refractivity contribution in [1.82, 2.24) is 14.5 Å². The van der Waals surface area contributed by atoms with Gasteiger partial charge in [0, 0.05) is 33.3 Å². The Morgan fingerprint density at radius 3 is 2.86 bits per heavy atom. The van der Waals surface area contributed by atoms with Crippen LogP contribution >= 0.6 is 0 Å². The van der Waals surface area contributed by atoms with Gasteiger partial charge in [0.1, 0.15) is 0 Å². The molecule has 2 heterocycles. The summed E-state index contributed by atoms with van der Waals surface area (Å²) < 4.78 is 32.3. The Bertz CT molecular complexity index is 676. The molecule has 0 radical (unpaired) electrons. The number of carbonyl (C=O) groups excluding carboxylic acids is 1. The predicted octanol–water partition coefficient (Wildman–Crippen LogP) is 0.231. The number of fused-ring (bicyclic) bond motifs is 1. The lowest BCUT2D eigenvalue weighted by atomic mass is 10.2. The second-order valence-corrected chi connectivity index (χ2v) is 7.34. The maximum atomic E-state index is 12.9. The van der Waals surface area contributed by atoms with Crippen LogP contribution in [0, 0.1) is 0 Å². The lowest BCUT2D eigenvalue weighted by molar-refractivity contribution is 0.164. The Kier molecular flexibility index (Phi) is 4.07. The van der Waals surface area contributed by atoms with Crippen LogP contribution in [0.5, 0.6) is 0 Å². The van der Waals surface area contributed by atoms with Crippen LogP contribution in [0.4, 0.5) is 4.79 Å². The Balaban J connectivity index is 1.86. The van der Waals surface area contributed by atoms with Crippen molar-refractivity contribution in [3.8, 4) is 0 Å². The summed E-state index contributed by atoms with van der Waals surface area (Å²) in [4.78, 5) is 13.6. The number of ether oxygens (including phenoxy) is 1. The summed E-state index contributed by atoms with van der Waals surface area (Å²) in [6, 6.07) is 6.67. The van der Waals surface area contributed by atoms with E-state index in [1.54, 1.807) is 29.2 Å². The highest BCUT2D eigenvalue weighted by Crippen LogP contribution is 2.24. The van der Waals surface area contributed by atoms with E-state index in [1.807, 2.05) is 0 Å². The molecule has 0 saturated carbocycles. The third-order valence-corrected chi connectivity index (χ3v) is 6.05. The highest BCUT2D eigenvalue weighted by atomic mass is 32.2. The molecule has 2 aliphatic rings. The van der Waals surface area contributed by atoms with Crippen molar-refractivity contribution in [3.05, 3.63) is 29.8 Å². The van der Waals surface area contributed by atoms with E-state index in [4.69, 9.17) is 4.74 Å². The first-order valence-corrected chi connectivity index (χ1v) is 8.59. The molecule has 0 aromatic heterocycles. The molecule has 1 unspecified atom stereocenters. The van der Waals surface area contributed by atoms with Crippen LogP contribution in [0.2, 0.25) is 0 Å². The molecular weight excluding hydrogens is 306 g/mol. The Morgan fingerprint density at radius 2 is 2.09 bits per heavy atom. The van der Waals surface area contributed by atoms with Gasteiger partial charge in [-0.15, -0.1) is 0 Å². The number of amides is 2. The van der Waals surface area contributed by atoms with Gasteiger partial charge in [-0.1, -0.05) is 18.2 Å². The molecule has 7 nitrogen and oxygen atoms in total. The van der Waals surface area contributed by atoms with Crippen molar-refractivity contribution in [2.24, 2.45) is 0 Å². The molecule has 0 aliphatic carbocycles. The average Bonchev–Trinajstić information content (AvgIpc) is 2.89. The Hall–Kier alpha value is -1.64. The molecule has 120 valence electrons. The van der Waals surface area contributed by atoms with Gasteiger partial charge in [-0.25, -0.2) is 13.2 Å². The molecule has 2 amide bonds. The second-order valence-electron chi connectivity index (χ2n) is 5.44. The van der Waals surface area contributed by atoms with Crippen molar-refractivity contribution in [2.75, 3.05) is 33.3 Å². The van der Waals surface area contributed by atoms with E-state index in [-0.39, 0.29) is 23.6 Å². The standard InChI is InChI=1S/C14H19N3O4S/c1-21-10-11-4-2-3-5-13(11)22(19,20)16-6-7-17-12(9-16)8-15-14(17)18/h2-5,12H,6-10H2,1H3,(H,15,18). The van der Waals surface area contributed by atoms with E-state index < -0.39 is 10.0 Å². The van der Waals surface area contributed by atoms with Crippen molar-refractivity contribution in [1.29, 1.82) is 0 Å². The van der Waals surface area contributed by atoms with E-state index in [0.717, 1.165) is 0 Å². The summed E-state index contributed by atoms with van der Waals surface area (Å²) in [5, 5.41) is 2.75. The molecule has 0 bridgehead atoms. The number of benzene rings is 1. The van der Waals surface area contributed by atoms with Gasteiger partial charge in [0.2, 0.25) is 10.0 Å². The fraction of sp³-hybridized carbons (Fsp3) is 0.500. The topological polar surface area (TPSA) is 79.0 Å². The molecule has 0 spiro atoms. The van der Waals surface area contributed by atoms with Gasteiger partial charge in [0.25, 0.3) is 0 Å². The maximum Gasteiger partial charge on any atom is 0.317 e. The molecule has 2 saturated heterocycles. The molecule has 2 aliphatic heterocycles. The van der Waals surface area contributed by atoms with Crippen LogP contribution in [-0.4, -0.2) is 63.0 Å². The molecule has 1 atom stereocenters. The largest absolute Gasteiger partial charge is 0.380 e. The van der Waals surface area contributed by atoms with Crippen LogP contribution in [-0.2, 0) is 21.4 Å². The number of hydrogen-bond acceptors (Lipinski definition) is 4. The van der Waals surface area contributed by atoms with Crippen LogP contribution < -0.4 is 5.32 Å². The number of piperazine rings is 1. The highest BCUT2D eigenvalue weighted by molar-refractivity contribution is 7.89. The number of sulfonamides is 1. The third-order valence-electron chi connectivity index (χ3n) is 4.09. The lowest BCUT2D eigenvalue weighted by Crippen LogP contribution is -2.53. The van der Waals surface area contributed by atoms with Gasteiger partial charge in [-0.2, -0.15) is 4.31 Å². The molecule has 1 N–H and O–H groups in total. The average molecular weight is 325 g/mol. The predicted molar refractivity (Wildman–Crippen MR) is 79.8 cm³/mol. The van der Waals surface area contributed by atoms with Gasteiger partial charge in [0.15, 0.2) is 0 Å². The quantitative estimate of drug-likeness (QED) is 0.859. The molecule has 1 aromatic rings. The van der Waals surface area contributed by atoms with Crippen LogP contribution in [0.25, 0.3) is 0 Å². The molecule has 8 heteroatoms. The minimum Gasteiger partial charge on any atom is -0.380 e. The SMILES string of the molecule is COCc1ccccc1S(=O)(=O)N1CCN2C(=O)NCC2C1. The first-order valence-electron chi connectivity index (χ1n) is 7.15. The summed E-state index contributed by atoms with van der Waals surface area (Å²) >= 11 is 0. The zero-order chi connectivity index (χ0) is 15.7. The molecular formula is C14H19N3O4S. The van der Waals surface area contributed by atoms with Crippen molar-refractivity contribution < 1.29 is 17.9 Å². The van der Waals surface area contributed by atoms with Crippen molar-refractivity contribution in [2.45, 2.75) is 17.5 Å². The summed E-state index contributed by atoms with van der Waals surface area (Å²) in [5.41, 5.74) is 0.646. The van der Waals surface area contributed by atoms with Gasteiger partial charge in [-0.05, 0) is 11.6 Å². The first-order chi connectivity index (χ1) is 10.5. The molecule has 3 rings (SSSR count). The van der Waals surface area contributed by atoms with E-state index in [2.05, 4.69) is 5.32 Å². The monoisotopic (exact) mass is 325 g/mol. The Morgan fingerprint density at radius 1 is 1.32 bits per heavy atom. The Labute approximate surface area is 129 Å². The van der Waals surface area contributed by atoms with E-state index in [1.165, 1.54) is 11.4 Å². The number of methoxy groups -OCH3 is 1. The number of urea groups is 1. The van der Waals surface area contributed by atoms with Crippen molar-refractivity contribution in [3.63, 3.8) is 0 Å². The molecule has 22 heavy (non-hydrogen) atoms. The van der Waals surface area contributed by atoms with E-state index in [9.17, 15) is 13.2 Å². The normalized spacial score (nSPS) is 22.5. The summed E-state index contributed by atoms with van der Waals surface area (Å²) in [5.74, 6) is 0. The minimum absolute atomic E-state index is 0.0920. The molecule has 1 aromatic carbocycles. The zero-order valence-electron chi connectivity index (χ0n) is 12.4. The van der Waals surface area contributed by atoms with Crippen LogP contribution in [0.3, 0.4) is 0 Å². The third kappa shape index (κ3) is 2.57. The van der Waals surface area contributed by atoms with Gasteiger partial charge >= 0.3 is 6.03 Å². The van der Waals surface area contributed by atoms with Gasteiger partial charge in [0.05, 0.1) is 17.5 Å². The lowest BCUT2D eigenvalue weighted by Gasteiger charge is -2.35. The number of rotatable bonds is 4. The second kappa shape index (κ2) is 5.86. The fourth-order valence-corrected chi connectivity index (χ4v) is 4.64. The van der Waals surface area contributed by atoms with Gasteiger partial charge in [-0.3, -0.25) is 0 Å². The number of hydrogen-bond donors (Lipinski definition) is 1. The zero-order valence-corrected chi connectivity index (χ0v) is 13.2. The molecule has 2 fully saturated rings. The van der Waals surface area contributed by atoms with E-state index in [0.29, 0.717) is 31.7 Å². The summed E-state index contributed by atoms with van der Waals surface area (Å²) in [6.45, 7) is 1.79. The maximum absolute atomic E-state index is 12.9. The fourth-order valence-electron chi connectivity index (χ4n) is 2.96. The smallest absolute Gasteiger partial charge is 0.317 e. The summed E-state index contributed by atoms with van der Waals surface area (Å²) in [7, 11) is -2.04. The number of nitrogens with one attached hydrogen (secondary N) is 1. The van der Waals surface area contributed by atoms with Crippen LogP contribution in [0.1, 0.15) is 5.56 Å². The first kappa shape index (κ1) is 15.3. The minimum atomic E-state index is -3.58. The summed E-state index contributed by atoms with van der Waals surface area (Å²) in [6.07, 6.45) is 0. The highest BCUT2D eigenvalue weighted by Gasteiger charge is 2.40. The van der Waals surface area contributed by atoms with Gasteiger partial charge < -0.3 is 15.0 Å². The van der Waals surface area contributed by atoms with Crippen LogP contribution in [0.15, 0.2) is 29.2 Å². The number of nitrogens with zero attached hydrogens (tertiary/aromatic N) is 2. The number of carbonyl (C=O) groups is 1. The van der Waals surface area contributed by atoms with E-state index >= 15 is 0 Å². The van der Waals surface area contributed by atoms with Crippen molar-refractivity contribution >= 4 is 16.1 Å².